The second-order valence-electron chi connectivity index (χ2n) is 5.31. The van der Waals surface area contributed by atoms with Crippen molar-refractivity contribution in [1.29, 1.82) is 0 Å². The number of H-pyrrole nitrogens is 1. The number of nitrogens with zero attached hydrogens (tertiary/aromatic N) is 1. The van der Waals surface area contributed by atoms with Crippen molar-refractivity contribution in [2.24, 2.45) is 0 Å². The van der Waals surface area contributed by atoms with Crippen LogP contribution in [-0.2, 0) is 30.5 Å². The maximum atomic E-state index is 13.0. The van der Waals surface area contributed by atoms with Gasteiger partial charge < -0.3 is 15.2 Å². The Hall–Kier alpha value is -2.55. The maximum absolute atomic E-state index is 13.0. The SMILES string of the molecule is O=C(NCc1n[nH]c2c1COCC2)c1c(O)cccc1C(F)(F)F. The average Bonchev–Trinajstić information content (AvgIpc) is 2.95. The predicted octanol–water partition coefficient (Wildman–Crippen LogP) is 2.14. The molecule has 0 fully saturated rings. The van der Waals surface area contributed by atoms with E-state index in [1.54, 1.807) is 0 Å². The molecule has 0 unspecified atom stereocenters. The molecule has 3 N–H and O–H groups in total. The van der Waals surface area contributed by atoms with Gasteiger partial charge in [0.05, 0.1) is 36.6 Å². The Morgan fingerprint density at radius 2 is 2.21 bits per heavy atom. The number of halogens is 3. The van der Waals surface area contributed by atoms with Gasteiger partial charge in [0.15, 0.2) is 0 Å². The molecule has 9 heteroatoms. The summed E-state index contributed by atoms with van der Waals surface area (Å²) in [5.74, 6) is -1.75. The Kier molecular flexibility index (Phi) is 4.18. The van der Waals surface area contributed by atoms with Gasteiger partial charge in [0, 0.05) is 17.7 Å². The zero-order valence-corrected chi connectivity index (χ0v) is 12.4. The number of carbonyl (C=O) groups excluding carboxylic acids is 1. The number of aromatic nitrogens is 2. The zero-order chi connectivity index (χ0) is 17.3. The van der Waals surface area contributed by atoms with Crippen LogP contribution in [0, 0.1) is 0 Å². The third kappa shape index (κ3) is 3.07. The first-order valence-electron chi connectivity index (χ1n) is 7.18. The summed E-state index contributed by atoms with van der Waals surface area (Å²) in [6.45, 7) is 0.828. The molecule has 1 aromatic heterocycles. The number of phenolic OH excluding ortho intramolecular Hbond substituents is 1. The van der Waals surface area contributed by atoms with Crippen LogP contribution in [-0.4, -0.2) is 27.8 Å². The van der Waals surface area contributed by atoms with Crippen molar-refractivity contribution in [2.45, 2.75) is 25.7 Å². The molecule has 0 saturated heterocycles. The summed E-state index contributed by atoms with van der Waals surface area (Å²) in [6, 6.07) is 2.82. The van der Waals surface area contributed by atoms with Gasteiger partial charge in [-0.2, -0.15) is 18.3 Å². The van der Waals surface area contributed by atoms with E-state index in [-0.39, 0.29) is 6.54 Å². The lowest BCUT2D eigenvalue weighted by atomic mass is 10.0. The van der Waals surface area contributed by atoms with Gasteiger partial charge in [-0.1, -0.05) is 6.07 Å². The molecule has 1 amide bonds. The lowest BCUT2D eigenvalue weighted by Crippen LogP contribution is -2.27. The van der Waals surface area contributed by atoms with Gasteiger partial charge in [-0.05, 0) is 12.1 Å². The number of ether oxygens (including phenoxy) is 1. The van der Waals surface area contributed by atoms with Gasteiger partial charge in [-0.25, -0.2) is 0 Å². The maximum Gasteiger partial charge on any atom is 0.417 e. The van der Waals surface area contributed by atoms with E-state index in [0.717, 1.165) is 29.5 Å². The number of nitrogens with one attached hydrogen (secondary N) is 2. The summed E-state index contributed by atoms with van der Waals surface area (Å²) in [5, 5.41) is 18.9. The van der Waals surface area contributed by atoms with Crippen LogP contribution < -0.4 is 5.32 Å². The first-order chi connectivity index (χ1) is 11.4. The summed E-state index contributed by atoms with van der Waals surface area (Å²) in [7, 11) is 0. The Morgan fingerprint density at radius 1 is 1.42 bits per heavy atom. The molecular weight excluding hydrogens is 327 g/mol. The molecule has 1 aliphatic heterocycles. The van der Waals surface area contributed by atoms with Crippen molar-refractivity contribution < 1.29 is 27.8 Å². The van der Waals surface area contributed by atoms with E-state index >= 15 is 0 Å². The van der Waals surface area contributed by atoms with E-state index in [9.17, 15) is 23.1 Å². The number of aromatic amines is 1. The molecule has 0 spiro atoms. The molecule has 3 rings (SSSR count). The Bertz CT molecular complexity index is 771. The second-order valence-corrected chi connectivity index (χ2v) is 5.31. The molecule has 0 radical (unpaired) electrons. The number of amides is 1. The fourth-order valence-corrected chi connectivity index (χ4v) is 2.58. The van der Waals surface area contributed by atoms with Crippen LogP contribution in [0.25, 0.3) is 0 Å². The number of benzene rings is 1. The fourth-order valence-electron chi connectivity index (χ4n) is 2.58. The first-order valence-corrected chi connectivity index (χ1v) is 7.18. The molecule has 2 heterocycles. The van der Waals surface area contributed by atoms with E-state index in [4.69, 9.17) is 4.74 Å². The van der Waals surface area contributed by atoms with Crippen molar-refractivity contribution in [3.05, 3.63) is 46.3 Å². The number of carbonyl (C=O) groups is 1. The lowest BCUT2D eigenvalue weighted by molar-refractivity contribution is -0.138. The summed E-state index contributed by atoms with van der Waals surface area (Å²) in [4.78, 5) is 12.2. The normalized spacial score (nSPS) is 14.3. The number of hydrogen-bond donors (Lipinski definition) is 3. The quantitative estimate of drug-likeness (QED) is 0.798. The molecule has 2 aromatic rings. The Morgan fingerprint density at radius 3 is 2.96 bits per heavy atom. The van der Waals surface area contributed by atoms with Crippen LogP contribution in [0.1, 0.15) is 32.9 Å². The van der Waals surface area contributed by atoms with Crippen molar-refractivity contribution in [3.63, 3.8) is 0 Å². The van der Waals surface area contributed by atoms with Gasteiger partial charge in [-0.3, -0.25) is 9.89 Å². The highest BCUT2D eigenvalue weighted by molar-refractivity contribution is 5.98. The van der Waals surface area contributed by atoms with Crippen molar-refractivity contribution >= 4 is 5.91 Å². The summed E-state index contributed by atoms with van der Waals surface area (Å²) < 4.78 is 44.3. The third-order valence-corrected chi connectivity index (χ3v) is 3.77. The van der Waals surface area contributed by atoms with E-state index in [1.165, 1.54) is 0 Å². The monoisotopic (exact) mass is 341 g/mol. The van der Waals surface area contributed by atoms with Crippen LogP contribution in [0.3, 0.4) is 0 Å². The molecule has 0 aliphatic carbocycles. The lowest BCUT2D eigenvalue weighted by Gasteiger charge is -2.15. The van der Waals surface area contributed by atoms with Crippen molar-refractivity contribution in [3.8, 4) is 5.75 Å². The highest BCUT2D eigenvalue weighted by Gasteiger charge is 2.36. The number of rotatable bonds is 3. The fraction of sp³-hybridized carbons (Fsp3) is 0.333. The minimum atomic E-state index is -4.75. The average molecular weight is 341 g/mol. The van der Waals surface area contributed by atoms with E-state index in [2.05, 4.69) is 15.5 Å². The zero-order valence-electron chi connectivity index (χ0n) is 12.4. The number of hydrogen-bond acceptors (Lipinski definition) is 4. The number of aromatic hydroxyl groups is 1. The van der Waals surface area contributed by atoms with Crippen LogP contribution in [0.4, 0.5) is 13.2 Å². The van der Waals surface area contributed by atoms with E-state index in [1.807, 2.05) is 0 Å². The van der Waals surface area contributed by atoms with Gasteiger partial charge in [0.25, 0.3) is 5.91 Å². The largest absolute Gasteiger partial charge is 0.507 e. The van der Waals surface area contributed by atoms with Gasteiger partial charge in [-0.15, -0.1) is 0 Å². The molecule has 1 aromatic carbocycles. The second kappa shape index (κ2) is 6.16. The van der Waals surface area contributed by atoms with E-state index in [0.29, 0.717) is 25.3 Å². The Balaban J connectivity index is 1.80. The van der Waals surface area contributed by atoms with Crippen LogP contribution in [0.15, 0.2) is 18.2 Å². The van der Waals surface area contributed by atoms with E-state index < -0.39 is 29.0 Å². The van der Waals surface area contributed by atoms with Gasteiger partial charge >= 0.3 is 6.18 Å². The highest BCUT2D eigenvalue weighted by Crippen LogP contribution is 2.35. The van der Waals surface area contributed by atoms with Crippen LogP contribution in [0.5, 0.6) is 5.75 Å². The third-order valence-electron chi connectivity index (χ3n) is 3.77. The smallest absolute Gasteiger partial charge is 0.417 e. The van der Waals surface area contributed by atoms with Crippen LogP contribution >= 0.6 is 0 Å². The topological polar surface area (TPSA) is 87.2 Å². The molecule has 1 aliphatic rings. The first kappa shape index (κ1) is 16.3. The molecule has 0 saturated carbocycles. The standard InChI is InChI=1S/C15H14F3N3O3/c16-15(17,18)9-2-1-3-12(22)13(9)14(23)19-6-11-8-7-24-5-4-10(8)20-21-11/h1-3,22H,4-7H2,(H,19,23)(H,20,21). The molecule has 0 bridgehead atoms. The summed E-state index contributed by atoms with van der Waals surface area (Å²) in [6.07, 6.45) is -4.08. The highest BCUT2D eigenvalue weighted by atomic mass is 19.4. The number of alkyl halides is 3. The number of phenols is 1. The van der Waals surface area contributed by atoms with Gasteiger partial charge in [0.2, 0.25) is 0 Å². The molecule has 24 heavy (non-hydrogen) atoms. The Labute approximate surface area is 134 Å². The molecule has 0 atom stereocenters. The predicted molar refractivity (Wildman–Crippen MR) is 76.2 cm³/mol. The molecular formula is C15H14F3N3O3. The number of fused-ring (bicyclic) bond motifs is 1. The summed E-state index contributed by atoms with van der Waals surface area (Å²) >= 11 is 0. The van der Waals surface area contributed by atoms with Crippen molar-refractivity contribution in [1.82, 2.24) is 15.5 Å². The van der Waals surface area contributed by atoms with Gasteiger partial charge in [0.1, 0.15) is 5.75 Å². The van der Waals surface area contributed by atoms with Crippen LogP contribution in [0.2, 0.25) is 0 Å². The minimum absolute atomic E-state index is 0.0698. The van der Waals surface area contributed by atoms with Crippen molar-refractivity contribution in [2.75, 3.05) is 6.61 Å². The summed E-state index contributed by atoms with van der Waals surface area (Å²) in [5.41, 5.74) is 0.207. The molecule has 6 nitrogen and oxygen atoms in total. The molecule has 128 valence electrons. The minimum Gasteiger partial charge on any atom is -0.507 e.